The number of carbonyl (C=O) groups is 2. The SMILES string of the molecule is COC(=O)/C(=C\Nc1cc2c(ccc3ccc(OC)cc32)oc1=O)NC(=O)c1ccccc1. The second-order valence-corrected chi connectivity index (χ2v) is 7.03. The minimum absolute atomic E-state index is 0.0770. The van der Waals surface area contributed by atoms with Crippen molar-refractivity contribution < 1.29 is 23.5 Å². The van der Waals surface area contributed by atoms with E-state index < -0.39 is 17.5 Å². The van der Waals surface area contributed by atoms with Crippen LogP contribution in [0.15, 0.2) is 87.8 Å². The first-order chi connectivity index (χ1) is 16.0. The van der Waals surface area contributed by atoms with Crippen molar-refractivity contribution in [2.24, 2.45) is 0 Å². The molecule has 4 aromatic rings. The highest BCUT2D eigenvalue weighted by molar-refractivity contribution is 6.07. The molecule has 0 bridgehead atoms. The number of rotatable bonds is 6. The lowest BCUT2D eigenvalue weighted by atomic mass is 10.1. The smallest absolute Gasteiger partial charge is 0.360 e. The summed E-state index contributed by atoms with van der Waals surface area (Å²) < 4.78 is 15.5. The van der Waals surface area contributed by atoms with Crippen molar-refractivity contribution >= 4 is 39.3 Å². The summed E-state index contributed by atoms with van der Waals surface area (Å²) in [5.74, 6) is -0.628. The molecule has 3 aromatic carbocycles. The average molecular weight is 444 g/mol. The van der Waals surface area contributed by atoms with Gasteiger partial charge < -0.3 is 24.5 Å². The van der Waals surface area contributed by atoms with Crippen LogP contribution in [0.25, 0.3) is 21.7 Å². The first-order valence-corrected chi connectivity index (χ1v) is 9.96. The Morgan fingerprint density at radius 2 is 1.70 bits per heavy atom. The molecule has 8 nitrogen and oxygen atoms in total. The maximum absolute atomic E-state index is 12.5. The minimum Gasteiger partial charge on any atom is -0.497 e. The largest absolute Gasteiger partial charge is 0.497 e. The van der Waals surface area contributed by atoms with Crippen LogP contribution in [0.2, 0.25) is 0 Å². The van der Waals surface area contributed by atoms with Gasteiger partial charge in [0.1, 0.15) is 22.7 Å². The molecule has 33 heavy (non-hydrogen) atoms. The molecule has 0 aliphatic heterocycles. The van der Waals surface area contributed by atoms with Gasteiger partial charge in [-0.05, 0) is 47.2 Å². The summed E-state index contributed by atoms with van der Waals surface area (Å²) in [6.45, 7) is 0. The fourth-order valence-electron chi connectivity index (χ4n) is 3.32. The Bertz CT molecular complexity index is 1440. The predicted molar refractivity (Wildman–Crippen MR) is 124 cm³/mol. The third kappa shape index (κ3) is 4.54. The molecule has 0 atom stereocenters. The summed E-state index contributed by atoms with van der Waals surface area (Å²) in [6.07, 6.45) is 1.19. The van der Waals surface area contributed by atoms with Crippen LogP contribution in [0.1, 0.15) is 10.4 Å². The fraction of sp³-hybridized carbons (Fsp3) is 0.0800. The number of ether oxygens (including phenoxy) is 2. The van der Waals surface area contributed by atoms with E-state index in [0.29, 0.717) is 22.3 Å². The zero-order valence-corrected chi connectivity index (χ0v) is 17.9. The summed E-state index contributed by atoms with van der Waals surface area (Å²) in [6, 6.07) is 19.2. The normalized spacial score (nSPS) is 11.3. The molecule has 1 aromatic heterocycles. The molecule has 0 spiro atoms. The van der Waals surface area contributed by atoms with Crippen LogP contribution in [-0.4, -0.2) is 26.1 Å². The van der Waals surface area contributed by atoms with Gasteiger partial charge in [0.05, 0.1) is 14.2 Å². The molecular formula is C25H20N2O6. The topological polar surface area (TPSA) is 107 Å². The molecule has 0 aliphatic rings. The van der Waals surface area contributed by atoms with E-state index in [2.05, 4.69) is 10.6 Å². The van der Waals surface area contributed by atoms with E-state index in [0.717, 1.165) is 10.8 Å². The number of benzene rings is 3. The molecule has 0 aliphatic carbocycles. The van der Waals surface area contributed by atoms with Crippen LogP contribution >= 0.6 is 0 Å². The summed E-state index contributed by atoms with van der Waals surface area (Å²) in [5, 5.41) is 7.68. The van der Waals surface area contributed by atoms with E-state index in [9.17, 15) is 14.4 Å². The number of amides is 1. The second-order valence-electron chi connectivity index (χ2n) is 7.03. The van der Waals surface area contributed by atoms with Crippen molar-refractivity contribution in [2.75, 3.05) is 19.5 Å². The Balaban J connectivity index is 1.71. The number of anilines is 1. The molecule has 0 radical (unpaired) electrons. The van der Waals surface area contributed by atoms with E-state index in [-0.39, 0.29) is 11.4 Å². The lowest BCUT2D eigenvalue weighted by Gasteiger charge is -2.10. The van der Waals surface area contributed by atoms with Gasteiger partial charge in [0.2, 0.25) is 0 Å². The molecule has 4 rings (SSSR count). The predicted octanol–water partition coefficient (Wildman–Crippen LogP) is 3.81. The van der Waals surface area contributed by atoms with E-state index in [1.54, 1.807) is 49.6 Å². The second kappa shape index (κ2) is 9.27. The Labute approximate surface area is 188 Å². The summed E-state index contributed by atoms with van der Waals surface area (Å²) >= 11 is 0. The summed E-state index contributed by atoms with van der Waals surface area (Å²) in [4.78, 5) is 37.1. The molecule has 0 fully saturated rings. The monoisotopic (exact) mass is 444 g/mol. The van der Waals surface area contributed by atoms with Crippen LogP contribution < -0.4 is 21.0 Å². The van der Waals surface area contributed by atoms with Gasteiger partial charge in [0.25, 0.3) is 5.91 Å². The Kier molecular flexibility index (Phi) is 6.08. The molecule has 0 saturated carbocycles. The van der Waals surface area contributed by atoms with E-state index >= 15 is 0 Å². The first kappa shape index (κ1) is 21.6. The average Bonchev–Trinajstić information content (AvgIpc) is 2.86. The van der Waals surface area contributed by atoms with Gasteiger partial charge in [-0.3, -0.25) is 4.79 Å². The van der Waals surface area contributed by atoms with E-state index in [4.69, 9.17) is 13.9 Å². The number of carbonyl (C=O) groups excluding carboxylic acids is 2. The highest BCUT2D eigenvalue weighted by Gasteiger charge is 2.15. The van der Waals surface area contributed by atoms with Crippen LogP contribution in [0.3, 0.4) is 0 Å². The van der Waals surface area contributed by atoms with Gasteiger partial charge in [-0.1, -0.05) is 30.3 Å². The molecule has 0 unspecified atom stereocenters. The van der Waals surface area contributed by atoms with Gasteiger partial charge in [-0.15, -0.1) is 0 Å². The molecule has 2 N–H and O–H groups in total. The third-order valence-corrected chi connectivity index (χ3v) is 5.00. The third-order valence-electron chi connectivity index (χ3n) is 5.00. The van der Waals surface area contributed by atoms with Gasteiger partial charge in [-0.2, -0.15) is 0 Å². The lowest BCUT2D eigenvalue weighted by molar-refractivity contribution is -0.136. The zero-order valence-electron chi connectivity index (χ0n) is 17.9. The lowest BCUT2D eigenvalue weighted by Crippen LogP contribution is -2.29. The van der Waals surface area contributed by atoms with Crippen molar-refractivity contribution in [2.45, 2.75) is 0 Å². The van der Waals surface area contributed by atoms with Crippen molar-refractivity contribution in [3.63, 3.8) is 0 Å². The maximum atomic E-state index is 12.5. The number of hydrogen-bond donors (Lipinski definition) is 2. The van der Waals surface area contributed by atoms with Gasteiger partial charge >= 0.3 is 11.6 Å². The molecule has 1 heterocycles. The van der Waals surface area contributed by atoms with Crippen molar-refractivity contribution in [3.8, 4) is 5.75 Å². The highest BCUT2D eigenvalue weighted by atomic mass is 16.5. The van der Waals surface area contributed by atoms with Gasteiger partial charge in [0, 0.05) is 17.1 Å². The maximum Gasteiger partial charge on any atom is 0.360 e. The quantitative estimate of drug-likeness (QED) is 0.202. The van der Waals surface area contributed by atoms with Crippen molar-refractivity contribution in [3.05, 3.63) is 94.6 Å². The number of esters is 1. The number of methoxy groups -OCH3 is 2. The van der Waals surface area contributed by atoms with Gasteiger partial charge in [0.15, 0.2) is 0 Å². The number of fused-ring (bicyclic) bond motifs is 3. The van der Waals surface area contributed by atoms with Crippen LogP contribution in [0, 0.1) is 0 Å². The number of hydrogen-bond acceptors (Lipinski definition) is 7. The minimum atomic E-state index is -0.785. The molecule has 0 saturated heterocycles. The van der Waals surface area contributed by atoms with E-state index in [1.807, 2.05) is 24.3 Å². The van der Waals surface area contributed by atoms with Crippen molar-refractivity contribution in [1.29, 1.82) is 0 Å². The Morgan fingerprint density at radius 3 is 2.42 bits per heavy atom. The molecule has 8 heteroatoms. The van der Waals surface area contributed by atoms with Gasteiger partial charge in [-0.25, -0.2) is 9.59 Å². The highest BCUT2D eigenvalue weighted by Crippen LogP contribution is 2.29. The van der Waals surface area contributed by atoms with Crippen LogP contribution in [0.5, 0.6) is 5.75 Å². The van der Waals surface area contributed by atoms with Crippen molar-refractivity contribution in [1.82, 2.24) is 5.32 Å². The summed E-state index contributed by atoms with van der Waals surface area (Å²) in [5.41, 5.74) is 0.0250. The number of nitrogens with one attached hydrogen (secondary N) is 2. The molecule has 1 amide bonds. The molecular weight excluding hydrogens is 424 g/mol. The Morgan fingerprint density at radius 1 is 0.939 bits per heavy atom. The fourth-order valence-corrected chi connectivity index (χ4v) is 3.32. The summed E-state index contributed by atoms with van der Waals surface area (Å²) in [7, 11) is 2.76. The Hall–Kier alpha value is -4.59. The molecule has 166 valence electrons. The van der Waals surface area contributed by atoms with Crippen LogP contribution in [-0.2, 0) is 9.53 Å². The standard InChI is InChI=1S/C25H20N2O6/c1-31-17-10-8-15-9-11-22-19(18(15)12-17)13-20(25(30)33-22)26-14-21(24(29)32-2)27-23(28)16-6-4-3-5-7-16/h3-14,26H,1-2H3,(H,27,28)/b21-14+. The zero-order chi connectivity index (χ0) is 23.4. The van der Waals surface area contributed by atoms with E-state index in [1.165, 1.54) is 13.3 Å². The first-order valence-electron chi connectivity index (χ1n) is 9.96. The van der Waals surface area contributed by atoms with Crippen LogP contribution in [0.4, 0.5) is 5.69 Å².